The smallest absolute Gasteiger partial charge is 0.226 e. The number of anilines is 1. The molecule has 1 atom stereocenters. The lowest BCUT2D eigenvalue weighted by molar-refractivity contribution is -0.118. The molecule has 204 valence electrons. The van der Waals surface area contributed by atoms with E-state index in [0.717, 1.165) is 23.2 Å². The van der Waals surface area contributed by atoms with E-state index in [2.05, 4.69) is 19.2 Å². The Morgan fingerprint density at radius 3 is 2.60 bits per heavy atom. The number of carbonyl (C=O) groups is 1. The van der Waals surface area contributed by atoms with Crippen LogP contribution < -0.4 is 14.8 Å². The number of phenols is 1. The minimum absolute atomic E-state index is 0.0890. The quantitative estimate of drug-likeness (QED) is 0.287. The molecule has 8 heteroatoms. The summed E-state index contributed by atoms with van der Waals surface area (Å²) in [5, 5.41) is 18.3. The number of aromatic hydroxyl groups is 1. The molecular formula is C32H32N4O4. The first-order valence-corrected chi connectivity index (χ1v) is 13.5. The van der Waals surface area contributed by atoms with E-state index < -0.39 is 6.04 Å². The van der Waals surface area contributed by atoms with Crippen molar-refractivity contribution in [1.29, 1.82) is 0 Å². The van der Waals surface area contributed by atoms with Gasteiger partial charge >= 0.3 is 0 Å². The predicted octanol–water partition coefficient (Wildman–Crippen LogP) is 6.29. The number of allylic oxidation sites excluding steroid dienone is 2. The summed E-state index contributed by atoms with van der Waals surface area (Å²) >= 11 is 0. The third-order valence-electron chi connectivity index (χ3n) is 7.26. The second-order valence-corrected chi connectivity index (χ2v) is 11.0. The Balaban J connectivity index is 1.43. The Kier molecular flexibility index (Phi) is 6.54. The number of nitrogens with one attached hydrogen (secondary N) is 1. The number of hydrogen-bond acceptors (Lipinski definition) is 7. The lowest BCUT2D eigenvalue weighted by Gasteiger charge is -2.38. The van der Waals surface area contributed by atoms with Crippen molar-refractivity contribution < 1.29 is 19.4 Å². The maximum Gasteiger partial charge on any atom is 0.226 e. The van der Waals surface area contributed by atoms with E-state index in [9.17, 15) is 9.90 Å². The molecule has 8 nitrogen and oxygen atoms in total. The van der Waals surface area contributed by atoms with Gasteiger partial charge in [-0.3, -0.25) is 4.79 Å². The van der Waals surface area contributed by atoms with Crippen LogP contribution >= 0.6 is 0 Å². The fourth-order valence-corrected chi connectivity index (χ4v) is 5.50. The number of Topliss-reactive ketones (excluding diaryl/α,β-unsaturated/α-hetero) is 1. The number of benzene rings is 3. The molecule has 0 fully saturated rings. The largest absolute Gasteiger partial charge is 0.508 e. The molecule has 1 aliphatic heterocycles. The molecule has 0 bridgehead atoms. The monoisotopic (exact) mass is 536 g/mol. The van der Waals surface area contributed by atoms with Crippen LogP contribution in [0, 0.1) is 5.41 Å². The van der Waals surface area contributed by atoms with Crippen LogP contribution in [0.5, 0.6) is 17.2 Å². The third-order valence-corrected chi connectivity index (χ3v) is 7.26. The van der Waals surface area contributed by atoms with E-state index in [1.807, 2.05) is 61.5 Å². The van der Waals surface area contributed by atoms with Gasteiger partial charge in [-0.25, -0.2) is 4.68 Å². The molecule has 0 saturated carbocycles. The highest BCUT2D eigenvalue weighted by atomic mass is 16.5. The van der Waals surface area contributed by atoms with Crippen molar-refractivity contribution in [2.75, 3.05) is 11.9 Å². The zero-order chi connectivity index (χ0) is 27.9. The van der Waals surface area contributed by atoms with Gasteiger partial charge in [0.25, 0.3) is 0 Å². The van der Waals surface area contributed by atoms with Gasteiger partial charge in [-0.15, -0.1) is 5.10 Å². The first-order chi connectivity index (χ1) is 19.3. The standard InChI is InChI=1S/C32H32N4O4/c1-4-39-27-16-21(13-14-26(27)40-19-20-9-6-5-7-10-20)29-28-24(17-32(2,3)18-25(28)38)33-31-34-30(35-36(29)31)22-11-8-12-23(37)15-22/h5-16,29,37H,4,17-19H2,1-3H3,(H,33,34,35). The average molecular weight is 537 g/mol. The van der Waals surface area contributed by atoms with Gasteiger partial charge < -0.3 is 19.9 Å². The molecule has 1 aliphatic carbocycles. The van der Waals surface area contributed by atoms with E-state index in [4.69, 9.17) is 19.6 Å². The van der Waals surface area contributed by atoms with Crippen molar-refractivity contribution in [3.8, 4) is 28.6 Å². The Morgan fingerprint density at radius 2 is 1.82 bits per heavy atom. The summed E-state index contributed by atoms with van der Waals surface area (Å²) < 4.78 is 13.9. The zero-order valence-corrected chi connectivity index (χ0v) is 22.8. The Bertz CT molecular complexity index is 1610. The van der Waals surface area contributed by atoms with Crippen LogP contribution in [0.2, 0.25) is 0 Å². The molecule has 3 aromatic carbocycles. The summed E-state index contributed by atoms with van der Waals surface area (Å²) in [6.45, 7) is 7.03. The van der Waals surface area contributed by atoms with E-state index in [0.29, 0.717) is 54.0 Å². The van der Waals surface area contributed by atoms with Gasteiger partial charge in [-0.1, -0.05) is 62.4 Å². The van der Waals surface area contributed by atoms with E-state index in [1.54, 1.807) is 22.9 Å². The Labute approximate surface area is 233 Å². The van der Waals surface area contributed by atoms with E-state index in [-0.39, 0.29) is 16.9 Å². The number of nitrogens with zero attached hydrogens (tertiary/aromatic N) is 3. The summed E-state index contributed by atoms with van der Waals surface area (Å²) in [5.74, 6) is 2.48. The highest BCUT2D eigenvalue weighted by molar-refractivity contribution is 6.00. The summed E-state index contributed by atoms with van der Waals surface area (Å²) in [6, 6.07) is 22.1. The SMILES string of the molecule is CCOc1cc(C2C3=C(CC(C)(C)CC3=O)Nc3nc(-c4cccc(O)c4)nn32)ccc1OCc1ccccc1. The molecule has 2 heterocycles. The van der Waals surface area contributed by atoms with Gasteiger partial charge in [0.2, 0.25) is 5.95 Å². The molecule has 1 unspecified atom stereocenters. The summed E-state index contributed by atoms with van der Waals surface area (Å²) in [4.78, 5) is 18.4. The lowest BCUT2D eigenvalue weighted by atomic mass is 9.73. The highest BCUT2D eigenvalue weighted by Crippen LogP contribution is 2.47. The number of hydrogen-bond donors (Lipinski definition) is 2. The van der Waals surface area contributed by atoms with E-state index >= 15 is 0 Å². The molecule has 0 amide bonds. The van der Waals surface area contributed by atoms with Crippen LogP contribution in [0.15, 0.2) is 84.1 Å². The number of carbonyl (C=O) groups excluding carboxylic acids is 1. The maximum absolute atomic E-state index is 13.6. The third kappa shape index (κ3) is 4.93. The van der Waals surface area contributed by atoms with Crippen molar-refractivity contribution in [2.24, 2.45) is 5.41 Å². The molecule has 2 N–H and O–H groups in total. The van der Waals surface area contributed by atoms with Crippen molar-refractivity contribution >= 4 is 11.7 Å². The van der Waals surface area contributed by atoms with Gasteiger partial charge in [0, 0.05) is 23.3 Å². The van der Waals surface area contributed by atoms with Gasteiger partial charge in [0.15, 0.2) is 23.1 Å². The van der Waals surface area contributed by atoms with Gasteiger partial charge in [0.05, 0.1) is 6.61 Å². The average Bonchev–Trinajstić information content (AvgIpc) is 3.35. The minimum atomic E-state index is -0.490. The van der Waals surface area contributed by atoms with Crippen molar-refractivity contribution in [3.63, 3.8) is 0 Å². The fraction of sp³-hybridized carbons (Fsp3) is 0.281. The number of fused-ring (bicyclic) bond motifs is 1. The van der Waals surface area contributed by atoms with Crippen LogP contribution in [-0.4, -0.2) is 32.3 Å². The Hall–Kier alpha value is -4.59. The van der Waals surface area contributed by atoms with Gasteiger partial charge in [0.1, 0.15) is 18.4 Å². The van der Waals surface area contributed by atoms with Gasteiger partial charge in [-0.05, 0) is 54.2 Å². The predicted molar refractivity (Wildman–Crippen MR) is 152 cm³/mol. The van der Waals surface area contributed by atoms with Crippen molar-refractivity contribution in [2.45, 2.75) is 46.3 Å². The van der Waals surface area contributed by atoms with Crippen LogP contribution in [0.1, 0.15) is 50.8 Å². The molecule has 0 spiro atoms. The Morgan fingerprint density at radius 1 is 1.00 bits per heavy atom. The molecule has 0 radical (unpaired) electrons. The van der Waals surface area contributed by atoms with Crippen LogP contribution in [-0.2, 0) is 11.4 Å². The first-order valence-electron chi connectivity index (χ1n) is 13.5. The lowest BCUT2D eigenvalue weighted by Crippen LogP contribution is -2.36. The fourth-order valence-electron chi connectivity index (χ4n) is 5.50. The molecular weight excluding hydrogens is 504 g/mol. The molecule has 2 aliphatic rings. The van der Waals surface area contributed by atoms with Crippen LogP contribution in [0.3, 0.4) is 0 Å². The molecule has 0 saturated heterocycles. The second-order valence-electron chi connectivity index (χ2n) is 11.0. The molecule has 1 aromatic heterocycles. The highest BCUT2D eigenvalue weighted by Gasteiger charge is 2.42. The number of ether oxygens (including phenoxy) is 2. The van der Waals surface area contributed by atoms with E-state index in [1.165, 1.54) is 0 Å². The maximum atomic E-state index is 13.6. The van der Waals surface area contributed by atoms with Crippen molar-refractivity contribution in [1.82, 2.24) is 14.8 Å². The van der Waals surface area contributed by atoms with Crippen LogP contribution in [0.25, 0.3) is 11.4 Å². The zero-order valence-electron chi connectivity index (χ0n) is 22.8. The topological polar surface area (TPSA) is 98.5 Å². The summed E-state index contributed by atoms with van der Waals surface area (Å²) in [7, 11) is 0. The summed E-state index contributed by atoms with van der Waals surface area (Å²) in [5.41, 5.74) is 3.99. The number of phenolic OH excluding ortho intramolecular Hbond substituents is 1. The molecule has 4 aromatic rings. The van der Waals surface area contributed by atoms with Gasteiger partial charge in [-0.2, -0.15) is 4.98 Å². The van der Waals surface area contributed by atoms with Crippen LogP contribution in [0.4, 0.5) is 5.95 Å². The first kappa shape index (κ1) is 25.7. The number of rotatable bonds is 7. The normalized spacial score (nSPS) is 17.6. The molecule has 40 heavy (non-hydrogen) atoms. The molecule has 6 rings (SSSR count). The number of ketones is 1. The summed E-state index contributed by atoms with van der Waals surface area (Å²) in [6.07, 6.45) is 1.17. The second kappa shape index (κ2) is 10.2. The number of aromatic nitrogens is 3. The minimum Gasteiger partial charge on any atom is -0.508 e. The van der Waals surface area contributed by atoms with Crippen molar-refractivity contribution in [3.05, 3.63) is 95.2 Å².